The van der Waals surface area contributed by atoms with Crippen LogP contribution in [-0.4, -0.2) is 62.7 Å². The Bertz CT molecular complexity index is 1170. The van der Waals surface area contributed by atoms with Crippen LogP contribution in [0.1, 0.15) is 28.5 Å². The van der Waals surface area contributed by atoms with Gasteiger partial charge in [0, 0.05) is 12.2 Å². The molecule has 176 valence electrons. The van der Waals surface area contributed by atoms with E-state index in [0.717, 1.165) is 6.33 Å². The quantitative estimate of drug-likeness (QED) is 0.420. The number of aromatic amines is 1. The van der Waals surface area contributed by atoms with Crippen molar-refractivity contribution in [2.24, 2.45) is 0 Å². The van der Waals surface area contributed by atoms with Gasteiger partial charge >= 0.3 is 6.18 Å². The molecule has 1 fully saturated rings. The van der Waals surface area contributed by atoms with Gasteiger partial charge in [0.15, 0.2) is 11.7 Å². The number of hydrogen-bond donors (Lipinski definition) is 4. The molecule has 3 atom stereocenters. The van der Waals surface area contributed by atoms with Crippen LogP contribution in [0.15, 0.2) is 24.5 Å². The first-order valence-corrected chi connectivity index (χ1v) is 9.69. The van der Waals surface area contributed by atoms with Crippen LogP contribution in [-0.2, 0) is 4.74 Å². The predicted molar refractivity (Wildman–Crippen MR) is 103 cm³/mol. The van der Waals surface area contributed by atoms with Gasteiger partial charge in [0.2, 0.25) is 0 Å². The minimum Gasteiger partial charge on any atom is -0.391 e. The largest absolute Gasteiger partial charge is 0.412 e. The first-order valence-electron chi connectivity index (χ1n) is 9.69. The molecule has 0 spiro atoms. The summed E-state index contributed by atoms with van der Waals surface area (Å²) >= 11 is 0. The summed E-state index contributed by atoms with van der Waals surface area (Å²) < 4.78 is 73.8. The Morgan fingerprint density at radius 1 is 1.27 bits per heavy atom. The molecule has 0 aliphatic carbocycles. The average molecular weight is 472 g/mol. The fourth-order valence-corrected chi connectivity index (χ4v) is 3.44. The Morgan fingerprint density at radius 3 is 2.79 bits per heavy atom. The fraction of sp³-hybridized carbons (Fsp3) is 0.368. The molecule has 1 aliphatic rings. The number of benzene rings is 1. The molecule has 4 N–H and O–H groups in total. The van der Waals surface area contributed by atoms with Gasteiger partial charge in [-0.05, 0) is 24.6 Å². The number of carbonyl (C=O) groups excluding carboxylic acids is 1. The predicted octanol–water partition coefficient (Wildman–Crippen LogP) is 2.23. The lowest BCUT2D eigenvalue weighted by Gasteiger charge is -2.29. The second kappa shape index (κ2) is 8.86. The van der Waals surface area contributed by atoms with E-state index in [2.05, 4.69) is 25.5 Å². The third-order valence-corrected chi connectivity index (χ3v) is 5.09. The zero-order chi connectivity index (χ0) is 23.8. The van der Waals surface area contributed by atoms with Crippen LogP contribution in [0.5, 0.6) is 0 Å². The molecule has 3 aromatic rings. The van der Waals surface area contributed by atoms with Crippen molar-refractivity contribution in [2.45, 2.75) is 30.8 Å². The number of rotatable bonds is 5. The smallest absolute Gasteiger partial charge is 0.391 e. The number of nitrogens with one attached hydrogen (secondary N) is 3. The molecular weight excluding hydrogens is 455 g/mol. The monoisotopic (exact) mass is 472 g/mol. The van der Waals surface area contributed by atoms with Crippen molar-refractivity contribution in [3.05, 3.63) is 47.4 Å². The molecule has 1 aromatic carbocycles. The maximum Gasteiger partial charge on any atom is 0.412 e. The van der Waals surface area contributed by atoms with Crippen molar-refractivity contribution in [2.75, 3.05) is 18.5 Å². The van der Waals surface area contributed by atoms with Crippen LogP contribution < -0.4 is 10.6 Å². The van der Waals surface area contributed by atoms with Gasteiger partial charge in [-0.25, -0.2) is 18.7 Å². The number of hydrogen-bond acceptors (Lipinski definition) is 7. The van der Waals surface area contributed by atoms with Crippen molar-refractivity contribution in [3.8, 4) is 0 Å². The number of ether oxygens (including phenoxy) is 1. The number of alkyl halides is 3. The Morgan fingerprint density at radius 2 is 2.06 bits per heavy atom. The van der Waals surface area contributed by atoms with E-state index >= 15 is 0 Å². The van der Waals surface area contributed by atoms with Gasteiger partial charge in [0.25, 0.3) is 5.91 Å². The molecule has 33 heavy (non-hydrogen) atoms. The number of nitrogens with zero attached hydrogens (tertiary/aromatic N) is 3. The van der Waals surface area contributed by atoms with Crippen LogP contribution in [0.3, 0.4) is 0 Å². The zero-order valence-electron chi connectivity index (χ0n) is 16.7. The summed E-state index contributed by atoms with van der Waals surface area (Å²) in [5, 5.41) is 20.8. The second-order valence-electron chi connectivity index (χ2n) is 7.32. The van der Waals surface area contributed by atoms with Crippen LogP contribution in [0.4, 0.5) is 27.8 Å². The molecule has 4 rings (SSSR count). The molecule has 0 saturated carbocycles. The summed E-state index contributed by atoms with van der Waals surface area (Å²) in [6, 6.07) is -1.89. The number of anilines is 1. The summed E-state index contributed by atoms with van der Waals surface area (Å²) in [4.78, 5) is 20.7. The number of aliphatic hydroxyl groups is 1. The van der Waals surface area contributed by atoms with Gasteiger partial charge in [-0.15, -0.1) is 0 Å². The fourth-order valence-electron chi connectivity index (χ4n) is 3.44. The standard InChI is InChI=1S/C19H17F5N6O3/c20-8-1-2-10(21)9(5-8)15(19(22,23)24)28-18(32)14-13-16(25-7-26-17(13)30-29-14)27-11-6-33-4-3-12(11)31/h1-2,5,7,11-12,15,31H,3-4,6H2,(H,28,32)(H2,25,26,27,29,30)/t11-,12-,15+/m1/s1. The van der Waals surface area contributed by atoms with Gasteiger partial charge in [-0.1, -0.05) is 0 Å². The maximum absolute atomic E-state index is 14.1. The summed E-state index contributed by atoms with van der Waals surface area (Å²) in [5.74, 6) is -3.73. The van der Waals surface area contributed by atoms with E-state index in [0.29, 0.717) is 31.2 Å². The number of aliphatic hydroxyl groups excluding tert-OH is 1. The van der Waals surface area contributed by atoms with E-state index in [1.165, 1.54) is 0 Å². The minimum absolute atomic E-state index is 0.0222. The van der Waals surface area contributed by atoms with E-state index in [1.54, 1.807) is 5.32 Å². The van der Waals surface area contributed by atoms with Crippen LogP contribution >= 0.6 is 0 Å². The number of aromatic nitrogens is 4. The highest BCUT2D eigenvalue weighted by atomic mass is 19.4. The molecule has 0 radical (unpaired) electrons. The number of halogens is 5. The van der Waals surface area contributed by atoms with Crippen molar-refractivity contribution < 1.29 is 36.6 Å². The molecule has 1 saturated heterocycles. The van der Waals surface area contributed by atoms with E-state index in [-0.39, 0.29) is 23.5 Å². The number of carbonyl (C=O) groups is 1. The molecule has 1 aliphatic heterocycles. The lowest BCUT2D eigenvalue weighted by atomic mass is 10.0. The number of fused-ring (bicyclic) bond motifs is 1. The van der Waals surface area contributed by atoms with Gasteiger partial charge in [-0.3, -0.25) is 9.89 Å². The van der Waals surface area contributed by atoms with E-state index < -0.39 is 53.2 Å². The summed E-state index contributed by atoms with van der Waals surface area (Å²) in [5.41, 5.74) is -1.56. The third-order valence-electron chi connectivity index (χ3n) is 5.09. The maximum atomic E-state index is 14.1. The topological polar surface area (TPSA) is 125 Å². The van der Waals surface area contributed by atoms with Gasteiger partial charge in [0.05, 0.1) is 24.1 Å². The van der Waals surface area contributed by atoms with Crippen molar-refractivity contribution >= 4 is 22.8 Å². The van der Waals surface area contributed by atoms with Crippen molar-refractivity contribution in [3.63, 3.8) is 0 Å². The van der Waals surface area contributed by atoms with E-state index in [1.807, 2.05) is 0 Å². The lowest BCUT2D eigenvalue weighted by molar-refractivity contribution is -0.155. The van der Waals surface area contributed by atoms with Crippen LogP contribution in [0.25, 0.3) is 11.0 Å². The molecule has 0 unspecified atom stereocenters. The van der Waals surface area contributed by atoms with Crippen LogP contribution in [0.2, 0.25) is 0 Å². The third kappa shape index (κ3) is 4.71. The highest BCUT2D eigenvalue weighted by Gasteiger charge is 2.44. The summed E-state index contributed by atoms with van der Waals surface area (Å²) in [6.07, 6.45) is -4.47. The Labute approximate surface area is 182 Å². The second-order valence-corrected chi connectivity index (χ2v) is 7.32. The molecule has 2 aromatic heterocycles. The van der Waals surface area contributed by atoms with Crippen molar-refractivity contribution in [1.82, 2.24) is 25.5 Å². The zero-order valence-corrected chi connectivity index (χ0v) is 16.7. The van der Waals surface area contributed by atoms with Crippen molar-refractivity contribution in [1.29, 1.82) is 0 Å². The molecule has 3 heterocycles. The van der Waals surface area contributed by atoms with E-state index in [4.69, 9.17) is 4.74 Å². The molecule has 1 amide bonds. The first-order chi connectivity index (χ1) is 15.6. The summed E-state index contributed by atoms with van der Waals surface area (Å²) in [6.45, 7) is 0.481. The number of amides is 1. The van der Waals surface area contributed by atoms with E-state index in [9.17, 15) is 31.9 Å². The Balaban J connectivity index is 1.68. The SMILES string of the molecule is O=C(N[C@@H](c1cc(F)ccc1F)C(F)(F)F)c1[nH]nc2ncnc(N[C@@H]3COCC[C@H]3O)c12. The minimum atomic E-state index is -5.14. The highest BCUT2D eigenvalue weighted by molar-refractivity contribution is 6.07. The van der Waals surface area contributed by atoms with Gasteiger partial charge in [0.1, 0.15) is 29.5 Å². The normalized spacial score (nSPS) is 19.9. The Hall–Kier alpha value is -3.39. The Kier molecular flexibility index (Phi) is 6.12. The highest BCUT2D eigenvalue weighted by Crippen LogP contribution is 2.35. The lowest BCUT2D eigenvalue weighted by Crippen LogP contribution is -2.42. The van der Waals surface area contributed by atoms with Gasteiger partial charge in [-0.2, -0.15) is 18.3 Å². The first kappa shape index (κ1) is 22.8. The van der Waals surface area contributed by atoms with Gasteiger partial charge < -0.3 is 20.5 Å². The molecule has 0 bridgehead atoms. The summed E-state index contributed by atoms with van der Waals surface area (Å²) in [7, 11) is 0. The van der Waals surface area contributed by atoms with Crippen LogP contribution in [0, 0.1) is 11.6 Å². The average Bonchev–Trinajstić information content (AvgIpc) is 3.20. The molecule has 14 heteroatoms. The number of H-pyrrole nitrogens is 1. The molecule has 9 nitrogen and oxygen atoms in total. The molecular formula is C19H17F5N6O3.